The van der Waals surface area contributed by atoms with E-state index in [1.165, 1.54) is 12.8 Å². The average molecular weight is 488 g/mol. The molecule has 2 N–H and O–H groups in total. The maximum atomic E-state index is 6.54. The molecule has 34 heavy (non-hydrogen) atoms. The minimum absolute atomic E-state index is 0.425. The normalized spacial score (nSPS) is 21.5. The molecule has 7 nitrogen and oxygen atoms in total. The maximum absolute atomic E-state index is 6.54. The Morgan fingerprint density at radius 1 is 1.12 bits per heavy atom. The molecule has 0 amide bonds. The number of halogens is 1. The van der Waals surface area contributed by atoms with E-state index in [1.54, 1.807) is 13.3 Å². The number of nitrogens with one attached hydrogen (secondary N) is 2. The van der Waals surface area contributed by atoms with Crippen LogP contribution < -0.4 is 10.6 Å². The number of hydrogen-bond donors (Lipinski definition) is 2. The third-order valence-corrected chi connectivity index (χ3v) is 7.41. The van der Waals surface area contributed by atoms with E-state index in [2.05, 4.69) is 27.6 Å². The summed E-state index contributed by atoms with van der Waals surface area (Å²) in [7, 11) is 3.96. The number of rotatable bonds is 10. The van der Waals surface area contributed by atoms with Gasteiger partial charge in [0.2, 0.25) is 0 Å². The van der Waals surface area contributed by atoms with E-state index < -0.39 is 0 Å². The van der Waals surface area contributed by atoms with E-state index in [0.29, 0.717) is 23.0 Å². The lowest BCUT2D eigenvalue weighted by Crippen LogP contribution is -2.39. The second-order valence-corrected chi connectivity index (χ2v) is 9.92. The fraction of sp³-hybridized carbons (Fsp3) is 0.615. The first kappa shape index (κ1) is 25.2. The predicted molar refractivity (Wildman–Crippen MR) is 139 cm³/mol. The number of pyridine rings is 2. The van der Waals surface area contributed by atoms with Gasteiger partial charge in [0.15, 0.2) is 0 Å². The van der Waals surface area contributed by atoms with Gasteiger partial charge in [0.25, 0.3) is 0 Å². The Labute approximate surface area is 208 Å². The topological polar surface area (TPSA) is 71.5 Å². The summed E-state index contributed by atoms with van der Waals surface area (Å²) >= 11 is 6.54. The molecule has 4 rings (SSSR count). The number of hydrogen-bond acceptors (Lipinski definition) is 7. The summed E-state index contributed by atoms with van der Waals surface area (Å²) in [4.78, 5) is 11.8. The van der Waals surface area contributed by atoms with Crippen LogP contribution in [0.5, 0.6) is 0 Å². The van der Waals surface area contributed by atoms with Crippen LogP contribution in [0.3, 0.4) is 0 Å². The highest BCUT2D eigenvalue weighted by Gasteiger charge is 2.24. The number of ether oxygens (including phenoxy) is 2. The summed E-state index contributed by atoms with van der Waals surface area (Å²) in [5, 5.41) is 7.75. The predicted octanol–water partition coefficient (Wildman–Crippen LogP) is 4.94. The van der Waals surface area contributed by atoms with Crippen molar-refractivity contribution < 1.29 is 9.47 Å². The molecule has 1 aliphatic carbocycles. The van der Waals surface area contributed by atoms with Crippen LogP contribution >= 0.6 is 11.6 Å². The fourth-order valence-corrected chi connectivity index (χ4v) is 5.08. The average Bonchev–Trinajstić information content (AvgIpc) is 2.88. The highest BCUT2D eigenvalue weighted by Crippen LogP contribution is 2.31. The van der Waals surface area contributed by atoms with Crippen molar-refractivity contribution in [3.63, 3.8) is 0 Å². The molecule has 8 heteroatoms. The van der Waals surface area contributed by atoms with E-state index in [9.17, 15) is 0 Å². The minimum Gasteiger partial charge on any atom is -0.383 e. The first-order valence-electron chi connectivity index (χ1n) is 12.5. The van der Waals surface area contributed by atoms with Crippen molar-refractivity contribution in [2.45, 2.75) is 50.6 Å². The van der Waals surface area contributed by atoms with Crippen molar-refractivity contribution in [3.05, 3.63) is 35.5 Å². The number of methoxy groups -OCH3 is 1. The fourth-order valence-electron chi connectivity index (χ4n) is 4.88. The smallest absolute Gasteiger partial charge is 0.126 e. The summed E-state index contributed by atoms with van der Waals surface area (Å²) in [5.74, 6) is 2.37. The molecule has 2 fully saturated rings. The molecule has 0 spiro atoms. The highest BCUT2D eigenvalue weighted by molar-refractivity contribution is 6.33. The van der Waals surface area contributed by atoms with E-state index in [4.69, 9.17) is 26.1 Å². The zero-order valence-corrected chi connectivity index (χ0v) is 21.2. The largest absolute Gasteiger partial charge is 0.383 e. The number of nitrogens with zero attached hydrogens (tertiary/aromatic N) is 3. The molecule has 0 atom stereocenters. The lowest BCUT2D eigenvalue weighted by Gasteiger charge is -2.35. The molecule has 1 saturated carbocycles. The van der Waals surface area contributed by atoms with Gasteiger partial charge in [-0.25, -0.2) is 9.97 Å². The Hall–Kier alpha value is -1.93. The van der Waals surface area contributed by atoms with Crippen LogP contribution in [0.4, 0.5) is 11.6 Å². The minimum atomic E-state index is 0.425. The van der Waals surface area contributed by atoms with Crippen LogP contribution in [-0.4, -0.2) is 74.0 Å². The lowest BCUT2D eigenvalue weighted by molar-refractivity contribution is 0.0699. The van der Waals surface area contributed by atoms with Gasteiger partial charge in [-0.1, -0.05) is 17.7 Å². The summed E-state index contributed by atoms with van der Waals surface area (Å²) in [6, 6.07) is 9.13. The Balaban J connectivity index is 1.35. The first-order valence-corrected chi connectivity index (χ1v) is 12.9. The standard InChI is InChI=1S/C26H38ClN5O2/c1-32(12-15-33-2)21-8-6-20(7-9-21)30-26-16-22(23(27)18-29-26)24-4-3-5-25(31-24)28-17-19-10-13-34-14-11-19/h3-5,16,18-21H,6-15,17H2,1-2H3,(H,28,31)(H,29,30). The monoisotopic (exact) mass is 487 g/mol. The molecule has 2 aliphatic rings. The van der Waals surface area contributed by atoms with Gasteiger partial charge in [-0.15, -0.1) is 0 Å². The van der Waals surface area contributed by atoms with Gasteiger partial charge in [-0.2, -0.15) is 0 Å². The van der Waals surface area contributed by atoms with Crippen molar-refractivity contribution in [2.75, 3.05) is 57.7 Å². The van der Waals surface area contributed by atoms with Gasteiger partial charge < -0.3 is 25.0 Å². The molecule has 2 aromatic rings. The van der Waals surface area contributed by atoms with Gasteiger partial charge in [0, 0.05) is 57.3 Å². The van der Waals surface area contributed by atoms with Crippen LogP contribution in [-0.2, 0) is 9.47 Å². The number of aromatic nitrogens is 2. The van der Waals surface area contributed by atoms with Crippen molar-refractivity contribution in [3.8, 4) is 11.3 Å². The third kappa shape index (κ3) is 7.04. The van der Waals surface area contributed by atoms with Gasteiger partial charge in [0.1, 0.15) is 11.6 Å². The SMILES string of the molecule is COCCN(C)C1CCC(Nc2cc(-c3cccc(NCC4CCOCC4)n3)c(Cl)cn2)CC1. The number of anilines is 2. The lowest BCUT2D eigenvalue weighted by atomic mass is 9.90. The molecule has 186 valence electrons. The zero-order valence-electron chi connectivity index (χ0n) is 20.4. The maximum Gasteiger partial charge on any atom is 0.126 e. The summed E-state index contributed by atoms with van der Waals surface area (Å²) in [6.07, 6.45) is 8.55. The van der Waals surface area contributed by atoms with Crippen LogP contribution in [0.1, 0.15) is 38.5 Å². The summed E-state index contributed by atoms with van der Waals surface area (Å²) < 4.78 is 10.7. The molecule has 1 aliphatic heterocycles. The van der Waals surface area contributed by atoms with E-state index in [0.717, 1.165) is 81.5 Å². The summed E-state index contributed by atoms with van der Waals surface area (Å²) in [5.41, 5.74) is 1.76. The molecule has 0 unspecified atom stereocenters. The molecule has 1 saturated heterocycles. The molecule has 2 aromatic heterocycles. The molecular weight excluding hydrogens is 450 g/mol. The molecule has 0 bridgehead atoms. The van der Waals surface area contributed by atoms with E-state index >= 15 is 0 Å². The molecular formula is C26H38ClN5O2. The Bertz CT molecular complexity index is 901. The summed E-state index contributed by atoms with van der Waals surface area (Å²) in [6.45, 7) is 4.40. The Morgan fingerprint density at radius 3 is 2.68 bits per heavy atom. The van der Waals surface area contributed by atoms with E-state index in [-0.39, 0.29) is 0 Å². The second-order valence-electron chi connectivity index (χ2n) is 9.52. The Kier molecular flexibility index (Phi) is 9.39. The number of likely N-dealkylation sites (N-methyl/N-ethyl adjacent to an activating group) is 1. The molecule has 0 aromatic carbocycles. The van der Waals surface area contributed by atoms with Crippen LogP contribution in [0.2, 0.25) is 5.02 Å². The Morgan fingerprint density at radius 2 is 1.91 bits per heavy atom. The van der Waals surface area contributed by atoms with Crippen molar-refractivity contribution in [1.82, 2.24) is 14.9 Å². The highest BCUT2D eigenvalue weighted by atomic mass is 35.5. The van der Waals surface area contributed by atoms with Gasteiger partial charge in [0.05, 0.1) is 17.3 Å². The van der Waals surface area contributed by atoms with Crippen LogP contribution in [0.15, 0.2) is 30.5 Å². The quantitative estimate of drug-likeness (QED) is 0.492. The van der Waals surface area contributed by atoms with Crippen molar-refractivity contribution in [1.29, 1.82) is 0 Å². The van der Waals surface area contributed by atoms with Crippen molar-refractivity contribution in [2.24, 2.45) is 5.92 Å². The zero-order chi connectivity index (χ0) is 23.8. The van der Waals surface area contributed by atoms with Gasteiger partial charge in [-0.3, -0.25) is 0 Å². The third-order valence-electron chi connectivity index (χ3n) is 7.11. The first-order chi connectivity index (χ1) is 16.6. The molecule has 0 radical (unpaired) electrons. The van der Waals surface area contributed by atoms with Gasteiger partial charge >= 0.3 is 0 Å². The second kappa shape index (κ2) is 12.7. The molecule has 3 heterocycles. The van der Waals surface area contributed by atoms with Crippen molar-refractivity contribution >= 4 is 23.2 Å². The van der Waals surface area contributed by atoms with Gasteiger partial charge in [-0.05, 0) is 69.7 Å². The van der Waals surface area contributed by atoms with E-state index in [1.807, 2.05) is 24.3 Å². The van der Waals surface area contributed by atoms with Crippen LogP contribution in [0, 0.1) is 5.92 Å². The van der Waals surface area contributed by atoms with Crippen LogP contribution in [0.25, 0.3) is 11.3 Å².